The van der Waals surface area contributed by atoms with Gasteiger partial charge in [-0.25, -0.2) is 0 Å². The topological polar surface area (TPSA) is 0 Å². The Hall–Kier alpha value is -0.690. The summed E-state index contributed by atoms with van der Waals surface area (Å²) in [4.78, 5) is 1.07. The first-order chi connectivity index (χ1) is 7.07. The number of rotatable bonds is 8. The quantitative estimate of drug-likeness (QED) is 0.413. The first-order valence-corrected chi connectivity index (χ1v) is 6.36. The zero-order valence-corrected chi connectivity index (χ0v) is 10.8. The van der Waals surface area contributed by atoms with Crippen molar-refractivity contribution in [1.82, 2.24) is 0 Å². The van der Waals surface area contributed by atoms with E-state index in [9.17, 15) is 0 Å². The second kappa shape index (κ2) is 8.60. The van der Waals surface area contributed by atoms with Crippen molar-refractivity contribution in [3.63, 3.8) is 0 Å². The molecule has 0 unspecified atom stereocenters. The van der Waals surface area contributed by atoms with Gasteiger partial charge in [0.2, 0.25) is 0 Å². The van der Waals surface area contributed by atoms with Crippen LogP contribution >= 0.6 is 11.8 Å². The maximum atomic E-state index is 4.00. The maximum absolute atomic E-state index is 4.00. The molecule has 0 aliphatic heterocycles. The van der Waals surface area contributed by atoms with E-state index in [1.807, 2.05) is 12.2 Å². The summed E-state index contributed by atoms with van der Waals surface area (Å²) in [6.45, 7) is 16.1. The molecule has 0 amide bonds. The Balaban J connectivity index is 3.69. The summed E-state index contributed by atoms with van der Waals surface area (Å²) in [5.41, 5.74) is 0.990. The lowest BCUT2D eigenvalue weighted by atomic mass is 10.1. The number of allylic oxidation sites excluding steroid dienone is 4. The summed E-state index contributed by atoms with van der Waals surface area (Å²) >= 11 is 1.80. The van der Waals surface area contributed by atoms with Crippen LogP contribution in [-0.2, 0) is 0 Å². The molecule has 0 aromatic carbocycles. The van der Waals surface area contributed by atoms with Gasteiger partial charge in [0.1, 0.15) is 0 Å². The van der Waals surface area contributed by atoms with Crippen molar-refractivity contribution in [2.45, 2.75) is 26.7 Å². The molecule has 0 heterocycles. The van der Waals surface area contributed by atoms with Gasteiger partial charge in [0.25, 0.3) is 0 Å². The molecule has 0 aliphatic rings. The van der Waals surface area contributed by atoms with Crippen LogP contribution < -0.4 is 0 Å². The minimum Gasteiger partial charge on any atom is -0.126 e. The number of hydrogen-bond donors (Lipinski definition) is 0. The molecule has 1 heteroatoms. The predicted molar refractivity (Wildman–Crippen MR) is 74.1 cm³/mol. The van der Waals surface area contributed by atoms with Crippen molar-refractivity contribution in [2.24, 2.45) is 5.92 Å². The predicted octanol–water partition coefficient (Wildman–Crippen LogP) is 4.97. The first-order valence-electron chi connectivity index (χ1n) is 5.38. The standard InChI is InChI=1S/C14H22S/c1-6-7-10-13(4)14(5)15-11-8-9-12(2)3/h6-7,10,12H,1,4-5,8-9,11H2,2-3H3/b10-7-. The molecule has 0 spiro atoms. The molecule has 0 saturated heterocycles. The third kappa shape index (κ3) is 8.31. The molecular formula is C14H22S. The van der Waals surface area contributed by atoms with Crippen LogP contribution in [-0.4, -0.2) is 5.75 Å². The third-order valence-corrected chi connectivity index (χ3v) is 3.10. The van der Waals surface area contributed by atoms with Crippen LogP contribution in [0.5, 0.6) is 0 Å². The molecule has 0 fully saturated rings. The number of hydrogen-bond acceptors (Lipinski definition) is 1. The van der Waals surface area contributed by atoms with Gasteiger partial charge in [-0.05, 0) is 23.7 Å². The summed E-state index contributed by atoms with van der Waals surface area (Å²) in [5, 5.41) is 0. The summed E-state index contributed by atoms with van der Waals surface area (Å²) < 4.78 is 0. The minimum absolute atomic E-state index is 0.794. The average molecular weight is 222 g/mol. The molecule has 0 atom stereocenters. The molecule has 0 nitrogen and oxygen atoms in total. The van der Waals surface area contributed by atoms with Gasteiger partial charge in [-0.2, -0.15) is 0 Å². The molecule has 0 saturated carbocycles. The second-order valence-corrected chi connectivity index (χ2v) is 5.12. The third-order valence-electron chi connectivity index (χ3n) is 1.99. The van der Waals surface area contributed by atoms with Gasteiger partial charge in [-0.1, -0.05) is 58.2 Å². The zero-order valence-electron chi connectivity index (χ0n) is 9.96. The van der Waals surface area contributed by atoms with E-state index in [2.05, 4.69) is 33.6 Å². The van der Waals surface area contributed by atoms with Crippen molar-refractivity contribution in [1.29, 1.82) is 0 Å². The Morgan fingerprint density at radius 1 is 1.33 bits per heavy atom. The number of thioether (sulfide) groups is 1. The van der Waals surface area contributed by atoms with Crippen LogP contribution in [0.15, 0.2) is 48.4 Å². The molecule has 0 rings (SSSR count). The molecule has 0 N–H and O–H groups in total. The summed E-state index contributed by atoms with van der Waals surface area (Å²) in [6.07, 6.45) is 8.13. The van der Waals surface area contributed by atoms with Crippen LogP contribution in [0.3, 0.4) is 0 Å². The Morgan fingerprint density at radius 3 is 2.53 bits per heavy atom. The van der Waals surface area contributed by atoms with E-state index < -0.39 is 0 Å². The lowest BCUT2D eigenvalue weighted by Crippen LogP contribution is -1.89. The Morgan fingerprint density at radius 2 is 2.00 bits per heavy atom. The van der Waals surface area contributed by atoms with Crippen molar-refractivity contribution in [3.8, 4) is 0 Å². The van der Waals surface area contributed by atoms with Crippen LogP contribution in [0.2, 0.25) is 0 Å². The molecule has 0 aliphatic carbocycles. The average Bonchev–Trinajstić information content (AvgIpc) is 2.20. The maximum Gasteiger partial charge on any atom is 0.00665 e. The van der Waals surface area contributed by atoms with Crippen LogP contribution in [0.25, 0.3) is 0 Å². The highest BCUT2D eigenvalue weighted by Gasteiger charge is 1.98. The lowest BCUT2D eigenvalue weighted by Gasteiger charge is -2.06. The van der Waals surface area contributed by atoms with E-state index in [1.165, 1.54) is 12.8 Å². The fraction of sp³-hybridized carbons (Fsp3) is 0.429. The van der Waals surface area contributed by atoms with Gasteiger partial charge >= 0.3 is 0 Å². The van der Waals surface area contributed by atoms with Crippen molar-refractivity contribution in [3.05, 3.63) is 48.4 Å². The van der Waals surface area contributed by atoms with Crippen LogP contribution in [0, 0.1) is 5.92 Å². The van der Waals surface area contributed by atoms with Gasteiger partial charge in [0, 0.05) is 4.91 Å². The van der Waals surface area contributed by atoms with Crippen LogP contribution in [0.4, 0.5) is 0 Å². The fourth-order valence-corrected chi connectivity index (χ4v) is 1.87. The van der Waals surface area contributed by atoms with E-state index in [1.54, 1.807) is 17.8 Å². The van der Waals surface area contributed by atoms with E-state index >= 15 is 0 Å². The molecule has 0 aromatic heterocycles. The van der Waals surface area contributed by atoms with Crippen molar-refractivity contribution in [2.75, 3.05) is 5.75 Å². The Labute approximate surface area is 98.8 Å². The highest BCUT2D eigenvalue weighted by atomic mass is 32.2. The Bertz CT molecular complexity index is 246. The van der Waals surface area contributed by atoms with Gasteiger partial charge in [0.05, 0.1) is 0 Å². The van der Waals surface area contributed by atoms with Gasteiger partial charge < -0.3 is 0 Å². The van der Waals surface area contributed by atoms with Crippen LogP contribution in [0.1, 0.15) is 26.7 Å². The molecular weight excluding hydrogens is 200 g/mol. The van der Waals surface area contributed by atoms with E-state index in [-0.39, 0.29) is 0 Å². The Kier molecular flexibility index (Phi) is 8.21. The largest absolute Gasteiger partial charge is 0.126 e. The zero-order chi connectivity index (χ0) is 11.7. The molecule has 15 heavy (non-hydrogen) atoms. The summed E-state index contributed by atoms with van der Waals surface area (Å²) in [6, 6.07) is 0. The highest BCUT2D eigenvalue weighted by molar-refractivity contribution is 8.03. The van der Waals surface area contributed by atoms with E-state index in [0.29, 0.717) is 0 Å². The second-order valence-electron chi connectivity index (χ2n) is 3.93. The van der Waals surface area contributed by atoms with Gasteiger partial charge in [0.15, 0.2) is 0 Å². The monoisotopic (exact) mass is 222 g/mol. The SMILES string of the molecule is C=C/C=C\C(=C)C(=C)SCCCC(C)C. The first kappa shape index (κ1) is 14.3. The molecule has 0 bridgehead atoms. The summed E-state index contributed by atoms with van der Waals surface area (Å²) in [5.74, 6) is 1.93. The fourth-order valence-electron chi connectivity index (χ4n) is 1.06. The smallest absolute Gasteiger partial charge is 0.00665 e. The highest BCUT2D eigenvalue weighted by Crippen LogP contribution is 2.23. The normalized spacial score (nSPS) is 10.9. The molecule has 0 radical (unpaired) electrons. The van der Waals surface area contributed by atoms with Gasteiger partial charge in [-0.15, -0.1) is 11.8 Å². The summed E-state index contributed by atoms with van der Waals surface area (Å²) in [7, 11) is 0. The van der Waals surface area contributed by atoms with Crippen molar-refractivity contribution < 1.29 is 0 Å². The molecule has 0 aromatic rings. The van der Waals surface area contributed by atoms with Gasteiger partial charge in [-0.3, -0.25) is 0 Å². The van der Waals surface area contributed by atoms with Crippen molar-refractivity contribution >= 4 is 11.8 Å². The molecule has 84 valence electrons. The minimum atomic E-state index is 0.794. The van der Waals surface area contributed by atoms with E-state index in [4.69, 9.17) is 0 Å². The lowest BCUT2D eigenvalue weighted by molar-refractivity contribution is 0.579. The van der Waals surface area contributed by atoms with E-state index in [0.717, 1.165) is 22.1 Å².